The van der Waals surface area contributed by atoms with E-state index in [-0.39, 0.29) is 45.6 Å². The molecule has 0 fully saturated rings. The second-order valence-corrected chi connectivity index (χ2v) is 16.9. The van der Waals surface area contributed by atoms with Gasteiger partial charge in [0.25, 0.3) is 36.3 Å². The summed E-state index contributed by atoms with van der Waals surface area (Å²) in [4.78, 5) is 23.1. The number of anilines is 1. The fraction of sp³-hybridized carbons (Fsp3) is 0.114. The van der Waals surface area contributed by atoms with E-state index in [9.17, 15) is 63.8 Å². The average molecular weight is 913 g/mol. The maximum Gasteiger partial charge on any atom is 0.338 e. The summed E-state index contributed by atoms with van der Waals surface area (Å²) in [7, 11) is -12.2. The van der Waals surface area contributed by atoms with Crippen molar-refractivity contribution in [1.82, 2.24) is 0 Å². The molecule has 1 amide bonds. The van der Waals surface area contributed by atoms with Crippen LogP contribution in [0, 0.1) is 0 Å². The maximum atomic E-state index is 13.1. The summed E-state index contributed by atoms with van der Waals surface area (Å²) >= 11 is 0. The monoisotopic (exact) mass is 912 g/mol. The second-order valence-electron chi connectivity index (χ2n) is 12.6. The first-order valence-electron chi connectivity index (χ1n) is 16.8. The fourth-order valence-electron chi connectivity index (χ4n) is 5.72. The normalized spacial score (nSPS) is 15.0. The number of fused-ring (bicyclic) bond motifs is 1. The number of carboxylic acids is 1. The topological polar surface area (TPSA) is 366 Å². The van der Waals surface area contributed by atoms with Gasteiger partial charge in [0.15, 0.2) is 11.8 Å². The minimum atomic E-state index is -5.21. The Morgan fingerprint density at radius 2 is 1.29 bits per heavy atom. The molecule has 0 saturated heterocycles. The van der Waals surface area contributed by atoms with Crippen molar-refractivity contribution in [2.75, 3.05) is 19.2 Å². The summed E-state index contributed by atoms with van der Waals surface area (Å²) in [6, 6.07) is 11.5. The lowest BCUT2D eigenvalue weighted by Gasteiger charge is -2.12. The fourth-order valence-corrected chi connectivity index (χ4v) is 7.39. The van der Waals surface area contributed by atoms with Crippen LogP contribution in [-0.2, 0) is 35.1 Å². The minimum absolute atomic E-state index is 0.000423. The Kier molecular flexibility index (Phi) is 11.9. The number of benzene rings is 5. The lowest BCUT2D eigenvalue weighted by atomic mass is 10.1. The highest BCUT2D eigenvalue weighted by molar-refractivity contribution is 7.86. The SMILES string of the molecule is COc1cc(/N=N/c2c(S(=O)(=O)O)cc3cc(S(=O)(=O)O)cc(O)c3c2O)c(OC)cc1/N=N/c1ccc(/N=N/C2C(=O)N(c3ccc(S(=O)(=O)O)cc3)N=C2C)cc1C(=O)O. The first-order chi connectivity index (χ1) is 29.0. The Balaban J connectivity index is 1.28. The zero-order valence-corrected chi connectivity index (χ0v) is 34.0. The van der Waals surface area contributed by atoms with Gasteiger partial charge in [0.05, 0.1) is 52.0 Å². The summed E-state index contributed by atoms with van der Waals surface area (Å²) in [5.41, 5.74) is -1.31. The summed E-state index contributed by atoms with van der Waals surface area (Å²) in [5, 5.41) is 59.4. The third-order valence-corrected chi connectivity index (χ3v) is 11.2. The number of phenols is 2. The molecule has 0 aromatic heterocycles. The summed E-state index contributed by atoms with van der Waals surface area (Å²) in [6.07, 6.45) is 0. The maximum absolute atomic E-state index is 13.1. The van der Waals surface area contributed by atoms with Crippen molar-refractivity contribution >= 4 is 92.8 Å². The number of hydrogen-bond acceptors (Lipinski definition) is 19. The van der Waals surface area contributed by atoms with Gasteiger partial charge < -0.3 is 24.8 Å². The molecular formula is C35H28N8O16S3. The Morgan fingerprint density at radius 3 is 1.84 bits per heavy atom. The second kappa shape index (κ2) is 16.6. The average Bonchev–Trinajstić information content (AvgIpc) is 3.49. The Bertz CT molecular complexity index is 3170. The van der Waals surface area contributed by atoms with E-state index in [2.05, 4.69) is 35.8 Å². The van der Waals surface area contributed by atoms with E-state index in [4.69, 9.17) is 9.47 Å². The molecule has 0 radical (unpaired) electrons. The molecule has 27 heteroatoms. The van der Waals surface area contributed by atoms with Crippen molar-refractivity contribution in [3.63, 3.8) is 0 Å². The molecular weight excluding hydrogens is 885 g/mol. The lowest BCUT2D eigenvalue weighted by molar-refractivity contribution is -0.117. The summed E-state index contributed by atoms with van der Waals surface area (Å²) in [5.74, 6) is -4.24. The van der Waals surface area contributed by atoms with Gasteiger partial charge in [-0.2, -0.15) is 45.6 Å². The highest BCUT2D eigenvalue weighted by Gasteiger charge is 2.35. The van der Waals surface area contributed by atoms with E-state index in [1.54, 1.807) is 0 Å². The minimum Gasteiger partial charge on any atom is -0.507 e. The van der Waals surface area contributed by atoms with Gasteiger partial charge in [-0.05, 0) is 66.9 Å². The molecule has 0 aliphatic carbocycles. The highest BCUT2D eigenvalue weighted by atomic mass is 32.2. The van der Waals surface area contributed by atoms with Crippen molar-refractivity contribution in [3.8, 4) is 23.0 Å². The van der Waals surface area contributed by atoms with E-state index in [0.29, 0.717) is 12.1 Å². The Labute approximate surface area is 349 Å². The van der Waals surface area contributed by atoms with Crippen LogP contribution in [0.15, 0.2) is 123 Å². The van der Waals surface area contributed by atoms with Gasteiger partial charge in [0.1, 0.15) is 44.9 Å². The molecule has 1 heterocycles. The van der Waals surface area contributed by atoms with Crippen LogP contribution in [0.1, 0.15) is 17.3 Å². The van der Waals surface area contributed by atoms with Gasteiger partial charge in [-0.25, -0.2) is 4.79 Å². The van der Waals surface area contributed by atoms with Crippen molar-refractivity contribution in [3.05, 3.63) is 78.4 Å². The van der Waals surface area contributed by atoms with E-state index < -0.39 is 96.5 Å². The third-order valence-electron chi connectivity index (χ3n) is 8.66. The van der Waals surface area contributed by atoms with Crippen LogP contribution in [0.4, 0.5) is 34.1 Å². The van der Waals surface area contributed by atoms with Crippen molar-refractivity contribution in [2.45, 2.75) is 27.7 Å². The molecule has 1 aliphatic heterocycles. The molecule has 322 valence electrons. The van der Waals surface area contributed by atoms with Crippen LogP contribution < -0.4 is 14.5 Å². The number of phenolic OH excluding ortho intramolecular Hbond substituents is 2. The molecule has 6 rings (SSSR count). The number of azo groups is 3. The first kappa shape index (κ1) is 44.3. The van der Waals surface area contributed by atoms with Crippen LogP contribution >= 0.6 is 0 Å². The quantitative estimate of drug-likeness (QED) is 0.0548. The first-order valence-corrected chi connectivity index (χ1v) is 21.2. The molecule has 24 nitrogen and oxygen atoms in total. The highest BCUT2D eigenvalue weighted by Crippen LogP contribution is 2.47. The number of carbonyl (C=O) groups is 2. The number of ether oxygens (including phenoxy) is 2. The third kappa shape index (κ3) is 9.06. The molecule has 0 saturated carbocycles. The molecule has 1 atom stereocenters. The van der Waals surface area contributed by atoms with Gasteiger partial charge in [-0.15, -0.1) is 20.5 Å². The molecule has 5 aromatic rings. The smallest absolute Gasteiger partial charge is 0.338 e. The molecule has 1 unspecified atom stereocenters. The van der Waals surface area contributed by atoms with Gasteiger partial charge in [0, 0.05) is 18.2 Å². The number of carboxylic acid groups (broad SMARTS) is 1. The molecule has 6 N–H and O–H groups in total. The standard InChI is InChI=1S/C35H28N8O16S3/c1-16-31(34(46)43(42-16)19-5-7-20(8-6-19)60(49,50)51)40-36-18-4-9-23(22(12-18)35(47)48)37-38-24-14-28(59-3)25(15-27(24)58-2)39-41-32-29(62(55,56)57)11-17-10-21(61(52,53)54)13-26(44)30(17)33(32)45/h4-15,31,44-45H,1-3H3,(H,47,48)(H,49,50,51)(H,52,53,54)(H,55,56,57)/b38-37+,40-36+,41-39+. The zero-order valence-electron chi connectivity index (χ0n) is 31.6. The largest absolute Gasteiger partial charge is 0.507 e. The van der Waals surface area contributed by atoms with Crippen molar-refractivity contribution in [2.24, 2.45) is 35.8 Å². The number of hydrazone groups is 1. The predicted octanol–water partition coefficient (Wildman–Crippen LogP) is 6.41. The van der Waals surface area contributed by atoms with Crippen molar-refractivity contribution < 1.29 is 73.3 Å². The van der Waals surface area contributed by atoms with E-state index >= 15 is 0 Å². The van der Waals surface area contributed by atoms with E-state index in [1.807, 2.05) is 0 Å². The number of hydrogen-bond donors (Lipinski definition) is 6. The number of nitrogens with zero attached hydrogens (tertiary/aromatic N) is 8. The molecule has 0 spiro atoms. The molecule has 62 heavy (non-hydrogen) atoms. The lowest BCUT2D eigenvalue weighted by Crippen LogP contribution is -2.29. The Hall–Kier alpha value is -7.30. The number of amides is 1. The number of aromatic hydroxyl groups is 2. The summed E-state index contributed by atoms with van der Waals surface area (Å²) in [6.45, 7) is 1.49. The van der Waals surface area contributed by atoms with Gasteiger partial charge in [0.2, 0.25) is 0 Å². The van der Waals surface area contributed by atoms with Gasteiger partial charge in [-0.3, -0.25) is 18.5 Å². The summed E-state index contributed by atoms with van der Waals surface area (Å²) < 4.78 is 110. The number of carbonyl (C=O) groups excluding carboxylic acids is 1. The number of methoxy groups -OCH3 is 2. The van der Waals surface area contributed by atoms with Crippen LogP contribution in [-0.4, -0.2) is 92.1 Å². The molecule has 1 aliphatic rings. The van der Waals surface area contributed by atoms with Gasteiger partial charge >= 0.3 is 5.97 Å². The Morgan fingerprint density at radius 1 is 0.710 bits per heavy atom. The predicted molar refractivity (Wildman–Crippen MR) is 213 cm³/mol. The van der Waals surface area contributed by atoms with E-state index in [1.165, 1.54) is 57.5 Å². The number of rotatable bonds is 13. The van der Waals surface area contributed by atoms with Crippen LogP contribution in [0.5, 0.6) is 23.0 Å². The van der Waals surface area contributed by atoms with E-state index in [0.717, 1.165) is 29.3 Å². The van der Waals surface area contributed by atoms with Crippen LogP contribution in [0.25, 0.3) is 10.8 Å². The molecule has 5 aromatic carbocycles. The number of aromatic carboxylic acids is 1. The zero-order chi connectivity index (χ0) is 45.5. The van der Waals surface area contributed by atoms with Crippen molar-refractivity contribution in [1.29, 1.82) is 0 Å². The van der Waals surface area contributed by atoms with Crippen LogP contribution in [0.3, 0.4) is 0 Å². The molecule has 0 bridgehead atoms. The van der Waals surface area contributed by atoms with Gasteiger partial charge in [-0.1, -0.05) is 0 Å². The van der Waals surface area contributed by atoms with Crippen LogP contribution in [0.2, 0.25) is 0 Å².